The maximum atomic E-state index is 6.17. The second-order valence-electron chi connectivity index (χ2n) is 6.28. The first-order chi connectivity index (χ1) is 8.75. The Morgan fingerprint density at radius 3 is 2.32 bits per heavy atom. The zero-order chi connectivity index (χ0) is 14.2. The molecule has 0 aliphatic carbocycles. The largest absolute Gasteiger partial charge is 0.354 e. The zero-order valence-electron chi connectivity index (χ0n) is 12.3. The van der Waals surface area contributed by atoms with Crippen molar-refractivity contribution in [2.24, 2.45) is 0 Å². The highest BCUT2D eigenvalue weighted by Gasteiger charge is 2.25. The van der Waals surface area contributed by atoms with E-state index in [4.69, 9.17) is 16.6 Å². The third kappa shape index (κ3) is 3.76. The standard InChI is InChI=1S/C14H22ClN3S/c1-9-7-18(8-10(2)19-9)12-6-11(15)16-13(17-12)14(3,4)5/h6,9-10H,7-8H2,1-5H3. The molecule has 0 radical (unpaired) electrons. The number of thioether (sulfide) groups is 1. The average molecular weight is 300 g/mol. The van der Waals surface area contributed by atoms with E-state index in [0.29, 0.717) is 15.7 Å². The van der Waals surface area contributed by atoms with Crippen molar-refractivity contribution in [3.8, 4) is 0 Å². The van der Waals surface area contributed by atoms with Crippen LogP contribution in [0.25, 0.3) is 0 Å². The van der Waals surface area contributed by atoms with E-state index in [9.17, 15) is 0 Å². The fourth-order valence-corrected chi connectivity index (χ4v) is 3.77. The Kier molecular flexibility index (Phi) is 4.31. The fourth-order valence-electron chi connectivity index (χ4n) is 2.27. The molecule has 0 saturated carbocycles. The van der Waals surface area contributed by atoms with E-state index in [1.807, 2.05) is 17.8 Å². The Bertz CT molecular complexity index is 448. The van der Waals surface area contributed by atoms with Crippen LogP contribution in [-0.4, -0.2) is 33.6 Å². The second-order valence-corrected chi connectivity index (χ2v) is 8.55. The molecule has 1 aromatic heterocycles. The van der Waals surface area contributed by atoms with Gasteiger partial charge in [-0.3, -0.25) is 0 Å². The van der Waals surface area contributed by atoms with Crippen molar-refractivity contribution in [3.63, 3.8) is 0 Å². The van der Waals surface area contributed by atoms with Crippen LogP contribution >= 0.6 is 23.4 Å². The van der Waals surface area contributed by atoms with Gasteiger partial charge in [0.15, 0.2) is 0 Å². The molecule has 2 heterocycles. The molecule has 1 saturated heterocycles. The Labute approximate surface area is 125 Å². The lowest BCUT2D eigenvalue weighted by Gasteiger charge is -2.35. The van der Waals surface area contributed by atoms with Crippen molar-refractivity contribution in [2.45, 2.75) is 50.5 Å². The van der Waals surface area contributed by atoms with Gasteiger partial charge < -0.3 is 4.90 Å². The molecule has 0 spiro atoms. The molecule has 2 atom stereocenters. The Morgan fingerprint density at radius 1 is 1.21 bits per heavy atom. The lowest BCUT2D eigenvalue weighted by molar-refractivity contribution is 0.543. The third-order valence-corrected chi connectivity index (χ3v) is 4.52. The number of rotatable bonds is 1. The van der Waals surface area contributed by atoms with Crippen LogP contribution in [-0.2, 0) is 5.41 Å². The summed E-state index contributed by atoms with van der Waals surface area (Å²) in [6, 6.07) is 1.88. The first kappa shape index (κ1) is 14.9. The predicted molar refractivity (Wildman–Crippen MR) is 84.5 cm³/mol. The number of hydrogen-bond acceptors (Lipinski definition) is 4. The summed E-state index contributed by atoms with van der Waals surface area (Å²) in [5.74, 6) is 1.78. The van der Waals surface area contributed by atoms with E-state index < -0.39 is 0 Å². The van der Waals surface area contributed by atoms with Crippen molar-refractivity contribution in [1.82, 2.24) is 9.97 Å². The smallest absolute Gasteiger partial charge is 0.137 e. The number of anilines is 1. The minimum atomic E-state index is -0.0819. The quantitative estimate of drug-likeness (QED) is 0.738. The molecule has 0 aromatic carbocycles. The van der Waals surface area contributed by atoms with Crippen molar-refractivity contribution >= 4 is 29.2 Å². The van der Waals surface area contributed by atoms with Crippen molar-refractivity contribution in [1.29, 1.82) is 0 Å². The second kappa shape index (κ2) is 5.49. The van der Waals surface area contributed by atoms with Crippen LogP contribution < -0.4 is 4.90 Å². The molecule has 2 rings (SSSR count). The van der Waals surface area contributed by atoms with Crippen LogP contribution in [0.1, 0.15) is 40.4 Å². The van der Waals surface area contributed by atoms with Gasteiger partial charge in [-0.2, -0.15) is 11.8 Å². The summed E-state index contributed by atoms with van der Waals surface area (Å²) in [6.07, 6.45) is 0. The molecule has 1 fully saturated rings. The van der Waals surface area contributed by atoms with E-state index in [1.165, 1.54) is 0 Å². The summed E-state index contributed by atoms with van der Waals surface area (Å²) in [7, 11) is 0. The summed E-state index contributed by atoms with van der Waals surface area (Å²) in [5, 5.41) is 1.78. The van der Waals surface area contributed by atoms with Gasteiger partial charge in [-0.15, -0.1) is 0 Å². The molecule has 3 nitrogen and oxygen atoms in total. The minimum Gasteiger partial charge on any atom is -0.354 e. The molecular formula is C14H22ClN3S. The van der Waals surface area contributed by atoms with E-state index in [0.717, 1.165) is 24.7 Å². The van der Waals surface area contributed by atoms with Gasteiger partial charge in [0.05, 0.1) is 0 Å². The maximum absolute atomic E-state index is 6.17. The lowest BCUT2D eigenvalue weighted by atomic mass is 9.96. The summed E-state index contributed by atoms with van der Waals surface area (Å²) >= 11 is 8.20. The molecule has 0 bridgehead atoms. The molecule has 5 heteroatoms. The molecule has 1 aromatic rings. The number of halogens is 1. The topological polar surface area (TPSA) is 29.0 Å². The maximum Gasteiger partial charge on any atom is 0.137 e. The number of nitrogens with zero attached hydrogens (tertiary/aromatic N) is 3. The average Bonchev–Trinajstić information content (AvgIpc) is 2.25. The van der Waals surface area contributed by atoms with E-state index in [-0.39, 0.29) is 5.41 Å². The number of hydrogen-bond donors (Lipinski definition) is 0. The molecule has 1 aliphatic rings. The molecule has 19 heavy (non-hydrogen) atoms. The lowest BCUT2D eigenvalue weighted by Crippen LogP contribution is -2.41. The van der Waals surface area contributed by atoms with Gasteiger partial charge in [0.25, 0.3) is 0 Å². The molecular weight excluding hydrogens is 278 g/mol. The fraction of sp³-hybridized carbons (Fsp3) is 0.714. The van der Waals surface area contributed by atoms with E-state index in [2.05, 4.69) is 44.5 Å². The van der Waals surface area contributed by atoms with Gasteiger partial charge in [0.1, 0.15) is 16.8 Å². The van der Waals surface area contributed by atoms with Crippen molar-refractivity contribution < 1.29 is 0 Å². The van der Waals surface area contributed by atoms with Crippen molar-refractivity contribution in [3.05, 3.63) is 17.0 Å². The Balaban J connectivity index is 2.31. The summed E-state index contributed by atoms with van der Waals surface area (Å²) in [5.41, 5.74) is -0.0819. The molecule has 106 valence electrons. The van der Waals surface area contributed by atoms with E-state index >= 15 is 0 Å². The van der Waals surface area contributed by atoms with Crippen LogP contribution in [0.2, 0.25) is 5.15 Å². The summed E-state index contributed by atoms with van der Waals surface area (Å²) in [6.45, 7) is 12.9. The first-order valence-corrected chi connectivity index (χ1v) is 8.03. The molecule has 2 unspecified atom stereocenters. The minimum absolute atomic E-state index is 0.0819. The van der Waals surface area contributed by atoms with Crippen LogP contribution in [0.4, 0.5) is 5.82 Å². The highest BCUT2D eigenvalue weighted by atomic mass is 35.5. The Hall–Kier alpha value is -0.480. The Morgan fingerprint density at radius 2 is 1.79 bits per heavy atom. The molecule has 0 N–H and O–H groups in total. The van der Waals surface area contributed by atoms with Gasteiger partial charge >= 0.3 is 0 Å². The number of aromatic nitrogens is 2. The van der Waals surface area contributed by atoms with Gasteiger partial charge in [-0.05, 0) is 0 Å². The molecule has 0 amide bonds. The third-order valence-electron chi connectivity index (χ3n) is 3.10. The van der Waals surface area contributed by atoms with Crippen LogP contribution in [0, 0.1) is 0 Å². The summed E-state index contributed by atoms with van der Waals surface area (Å²) in [4.78, 5) is 11.4. The van der Waals surface area contributed by atoms with Gasteiger partial charge in [0.2, 0.25) is 0 Å². The van der Waals surface area contributed by atoms with Crippen LogP contribution in [0.15, 0.2) is 6.07 Å². The summed E-state index contributed by atoms with van der Waals surface area (Å²) < 4.78 is 0. The SMILES string of the molecule is CC1CN(c2cc(Cl)nc(C(C)(C)C)n2)CC(C)S1. The van der Waals surface area contributed by atoms with E-state index in [1.54, 1.807) is 0 Å². The van der Waals surface area contributed by atoms with Gasteiger partial charge in [-0.1, -0.05) is 46.2 Å². The molecule has 1 aliphatic heterocycles. The zero-order valence-corrected chi connectivity index (χ0v) is 13.8. The monoisotopic (exact) mass is 299 g/mol. The van der Waals surface area contributed by atoms with Crippen molar-refractivity contribution in [2.75, 3.05) is 18.0 Å². The van der Waals surface area contributed by atoms with Crippen LogP contribution in [0.5, 0.6) is 0 Å². The normalized spacial score (nSPS) is 24.6. The highest BCUT2D eigenvalue weighted by molar-refractivity contribution is 8.00. The predicted octanol–water partition coefficient (Wildman–Crippen LogP) is 3.76. The van der Waals surface area contributed by atoms with Gasteiger partial charge in [0, 0.05) is 35.1 Å². The van der Waals surface area contributed by atoms with Crippen LogP contribution in [0.3, 0.4) is 0 Å². The first-order valence-electron chi connectivity index (χ1n) is 6.71. The highest BCUT2D eigenvalue weighted by Crippen LogP contribution is 2.30. The van der Waals surface area contributed by atoms with Gasteiger partial charge in [-0.25, -0.2) is 9.97 Å².